The van der Waals surface area contributed by atoms with Crippen LogP contribution in [0.25, 0.3) is 0 Å². The Hall–Kier alpha value is -0.120. The van der Waals surface area contributed by atoms with E-state index in [1.165, 1.54) is 12.8 Å². The molecule has 0 saturated heterocycles. The molecule has 0 radical (unpaired) electrons. The van der Waals surface area contributed by atoms with Crippen molar-refractivity contribution in [2.75, 3.05) is 19.6 Å². The lowest BCUT2D eigenvalue weighted by atomic mass is 10.1. The molecule has 0 atom stereocenters. The summed E-state index contributed by atoms with van der Waals surface area (Å²) in [5, 5.41) is 10.5. The van der Waals surface area contributed by atoms with Crippen LogP contribution < -0.4 is 16.0 Å². The summed E-state index contributed by atoms with van der Waals surface area (Å²) in [4.78, 5) is 0. The largest absolute Gasteiger partial charge is 0.287 e. The van der Waals surface area contributed by atoms with Crippen LogP contribution >= 0.6 is 0 Å². The second-order valence-corrected chi connectivity index (χ2v) is 3.60. The lowest BCUT2D eigenvalue weighted by Crippen LogP contribution is -2.66. The summed E-state index contributed by atoms with van der Waals surface area (Å²) in [6.45, 7) is 11.6. The van der Waals surface area contributed by atoms with Crippen LogP contribution in [-0.4, -0.2) is 25.4 Å². The van der Waals surface area contributed by atoms with Crippen LogP contribution in [0.15, 0.2) is 0 Å². The molecule has 0 aliphatic carbocycles. The quantitative estimate of drug-likeness (QED) is 0.497. The van der Waals surface area contributed by atoms with Gasteiger partial charge in [0.1, 0.15) is 5.79 Å². The summed E-state index contributed by atoms with van der Waals surface area (Å²) in [7, 11) is 0. The maximum Gasteiger partial charge on any atom is 0.123 e. The molecule has 3 nitrogen and oxygen atoms in total. The van der Waals surface area contributed by atoms with Crippen molar-refractivity contribution in [1.29, 1.82) is 0 Å². The number of hydrogen-bond acceptors (Lipinski definition) is 3. The molecule has 0 aromatic rings. The third-order valence-corrected chi connectivity index (χ3v) is 2.34. The fourth-order valence-corrected chi connectivity index (χ4v) is 1.80. The van der Waals surface area contributed by atoms with E-state index in [1.807, 2.05) is 0 Å². The van der Waals surface area contributed by atoms with Gasteiger partial charge in [0.25, 0.3) is 0 Å². The van der Waals surface area contributed by atoms with Gasteiger partial charge in [-0.2, -0.15) is 0 Å². The first-order valence-corrected chi connectivity index (χ1v) is 5.99. The molecule has 86 valence electrons. The molecular weight excluding hydrogens is 174 g/mol. The predicted octanol–water partition coefficient (Wildman–Crippen LogP) is 1.66. The van der Waals surface area contributed by atoms with Crippen molar-refractivity contribution >= 4 is 0 Å². The maximum atomic E-state index is 3.51. The molecule has 3 heteroatoms. The number of rotatable bonds is 9. The molecule has 0 unspecified atom stereocenters. The molecule has 0 aliphatic heterocycles. The Morgan fingerprint density at radius 1 is 0.786 bits per heavy atom. The zero-order chi connectivity index (χ0) is 10.9. The Bertz CT molecular complexity index is 109. The van der Waals surface area contributed by atoms with Gasteiger partial charge in [0.2, 0.25) is 0 Å². The molecule has 0 fully saturated rings. The molecule has 0 saturated carbocycles. The van der Waals surface area contributed by atoms with E-state index in [-0.39, 0.29) is 5.79 Å². The lowest BCUT2D eigenvalue weighted by Gasteiger charge is -2.36. The molecule has 0 bridgehead atoms. The average Bonchev–Trinajstić information content (AvgIpc) is 2.16. The summed E-state index contributed by atoms with van der Waals surface area (Å²) < 4.78 is 0. The lowest BCUT2D eigenvalue weighted by molar-refractivity contribution is 0.188. The normalized spacial score (nSPS) is 12.0. The SMILES string of the molecule is CCCCC(NCC)(NCC)NCC. The highest BCUT2D eigenvalue weighted by molar-refractivity contribution is 4.81. The van der Waals surface area contributed by atoms with E-state index in [9.17, 15) is 0 Å². The molecule has 0 rings (SSSR count). The van der Waals surface area contributed by atoms with E-state index in [4.69, 9.17) is 0 Å². The summed E-state index contributed by atoms with van der Waals surface area (Å²) in [6, 6.07) is 0. The Kier molecular flexibility index (Phi) is 8.14. The average molecular weight is 201 g/mol. The zero-order valence-corrected chi connectivity index (χ0v) is 10.2. The molecular formula is C11H27N3. The Labute approximate surface area is 89.0 Å². The van der Waals surface area contributed by atoms with Gasteiger partial charge in [-0.15, -0.1) is 0 Å². The van der Waals surface area contributed by atoms with Crippen molar-refractivity contribution in [1.82, 2.24) is 16.0 Å². The molecule has 14 heavy (non-hydrogen) atoms. The van der Waals surface area contributed by atoms with E-state index >= 15 is 0 Å². The first-order chi connectivity index (χ1) is 6.74. The van der Waals surface area contributed by atoms with E-state index < -0.39 is 0 Å². The van der Waals surface area contributed by atoms with Crippen LogP contribution in [0.1, 0.15) is 47.0 Å². The van der Waals surface area contributed by atoms with Crippen molar-refractivity contribution in [3.63, 3.8) is 0 Å². The third-order valence-electron chi connectivity index (χ3n) is 2.34. The van der Waals surface area contributed by atoms with Gasteiger partial charge in [0.05, 0.1) is 0 Å². The van der Waals surface area contributed by atoms with Gasteiger partial charge in [-0.3, -0.25) is 16.0 Å². The minimum atomic E-state index is -0.0474. The second-order valence-electron chi connectivity index (χ2n) is 3.60. The zero-order valence-electron chi connectivity index (χ0n) is 10.2. The minimum absolute atomic E-state index is 0.0474. The van der Waals surface area contributed by atoms with Crippen LogP contribution in [0.3, 0.4) is 0 Å². The van der Waals surface area contributed by atoms with Crippen LogP contribution in [0, 0.1) is 0 Å². The Balaban J connectivity index is 4.21. The van der Waals surface area contributed by atoms with E-state index in [0.29, 0.717) is 0 Å². The summed E-state index contributed by atoms with van der Waals surface area (Å²) >= 11 is 0. The molecule has 3 N–H and O–H groups in total. The predicted molar refractivity (Wildman–Crippen MR) is 63.3 cm³/mol. The first-order valence-electron chi connectivity index (χ1n) is 5.99. The van der Waals surface area contributed by atoms with Crippen LogP contribution in [0.4, 0.5) is 0 Å². The summed E-state index contributed by atoms with van der Waals surface area (Å²) in [5.74, 6) is -0.0474. The minimum Gasteiger partial charge on any atom is -0.287 e. The van der Waals surface area contributed by atoms with Crippen molar-refractivity contribution in [2.24, 2.45) is 0 Å². The Morgan fingerprint density at radius 2 is 1.21 bits per heavy atom. The topological polar surface area (TPSA) is 36.1 Å². The number of nitrogens with one attached hydrogen (secondary N) is 3. The van der Waals surface area contributed by atoms with Gasteiger partial charge in [0.15, 0.2) is 0 Å². The Morgan fingerprint density at radius 3 is 1.50 bits per heavy atom. The van der Waals surface area contributed by atoms with E-state index in [2.05, 4.69) is 43.6 Å². The van der Waals surface area contributed by atoms with Crippen molar-refractivity contribution in [3.8, 4) is 0 Å². The van der Waals surface area contributed by atoms with Gasteiger partial charge < -0.3 is 0 Å². The fraction of sp³-hybridized carbons (Fsp3) is 1.00. The van der Waals surface area contributed by atoms with Gasteiger partial charge in [0, 0.05) is 0 Å². The number of hydrogen-bond donors (Lipinski definition) is 3. The van der Waals surface area contributed by atoms with Crippen LogP contribution in [0.5, 0.6) is 0 Å². The smallest absolute Gasteiger partial charge is 0.123 e. The van der Waals surface area contributed by atoms with Gasteiger partial charge in [-0.25, -0.2) is 0 Å². The van der Waals surface area contributed by atoms with Gasteiger partial charge in [-0.05, 0) is 32.5 Å². The monoisotopic (exact) mass is 201 g/mol. The highest BCUT2D eigenvalue weighted by Crippen LogP contribution is 2.07. The molecule has 0 spiro atoms. The second kappa shape index (κ2) is 8.21. The van der Waals surface area contributed by atoms with Crippen molar-refractivity contribution in [3.05, 3.63) is 0 Å². The molecule has 0 aliphatic rings. The van der Waals surface area contributed by atoms with Crippen LogP contribution in [0.2, 0.25) is 0 Å². The maximum absolute atomic E-state index is 3.51. The van der Waals surface area contributed by atoms with Crippen molar-refractivity contribution in [2.45, 2.75) is 52.7 Å². The highest BCUT2D eigenvalue weighted by Gasteiger charge is 2.25. The standard InChI is InChI=1S/C11H27N3/c1-5-9-10-11(12-6-2,13-7-3)14-8-4/h12-14H,5-10H2,1-4H3. The molecule has 0 aromatic heterocycles. The summed E-state index contributed by atoms with van der Waals surface area (Å²) in [6.07, 6.45) is 3.62. The van der Waals surface area contributed by atoms with Crippen molar-refractivity contribution < 1.29 is 0 Å². The van der Waals surface area contributed by atoms with E-state index in [0.717, 1.165) is 26.1 Å². The fourth-order valence-electron chi connectivity index (χ4n) is 1.80. The van der Waals surface area contributed by atoms with Gasteiger partial charge >= 0.3 is 0 Å². The number of unbranched alkanes of at least 4 members (excludes halogenated alkanes) is 1. The third kappa shape index (κ3) is 4.94. The summed E-state index contributed by atoms with van der Waals surface area (Å²) in [5.41, 5.74) is 0. The highest BCUT2D eigenvalue weighted by atomic mass is 15.3. The van der Waals surface area contributed by atoms with E-state index in [1.54, 1.807) is 0 Å². The van der Waals surface area contributed by atoms with Gasteiger partial charge in [-0.1, -0.05) is 34.1 Å². The molecule has 0 heterocycles. The first kappa shape index (κ1) is 13.9. The van der Waals surface area contributed by atoms with Crippen LogP contribution in [-0.2, 0) is 0 Å². The molecule has 0 aromatic carbocycles. The molecule has 0 amide bonds.